The number of aryl methyl sites for hydroxylation is 4. The Hall–Kier alpha value is -2.08. The number of unbranched alkanes of at least 4 members (excludes halogenated alkanes) is 2. The van der Waals surface area contributed by atoms with Gasteiger partial charge in [-0.05, 0) is 94.0 Å². The lowest BCUT2D eigenvalue weighted by atomic mass is 10.1. The topological polar surface area (TPSA) is 61.8 Å². The molecule has 2 aromatic rings. The molecular weight excluding hydrogens is 451 g/mol. The van der Waals surface area contributed by atoms with Gasteiger partial charge in [0, 0.05) is 23.1 Å². The maximum Gasteiger partial charge on any atom is 0.340 e. The molecule has 0 aliphatic carbocycles. The van der Waals surface area contributed by atoms with Gasteiger partial charge in [0.15, 0.2) is 6.10 Å². The first-order chi connectivity index (χ1) is 15.1. The Morgan fingerprint density at radius 1 is 0.781 bits per heavy atom. The number of hydrogen-bond acceptors (Lipinski definition) is 5. The number of rotatable bonds is 10. The van der Waals surface area contributed by atoms with Crippen molar-refractivity contribution in [2.45, 2.75) is 66.4 Å². The predicted molar refractivity (Wildman–Crippen MR) is 127 cm³/mol. The lowest BCUT2D eigenvalue weighted by Crippen LogP contribution is -2.26. The third kappa shape index (κ3) is 7.80. The minimum Gasteiger partial charge on any atom is -0.427 e. The fourth-order valence-electron chi connectivity index (χ4n) is 3.19. The van der Waals surface area contributed by atoms with Gasteiger partial charge in [-0.15, -0.1) is 0 Å². The first-order valence-electron chi connectivity index (χ1n) is 10.7. The summed E-state index contributed by atoms with van der Waals surface area (Å²) in [5, 5.41) is 1.35. The van der Waals surface area contributed by atoms with Gasteiger partial charge in [0.2, 0.25) is 0 Å². The fourth-order valence-corrected chi connectivity index (χ4v) is 3.41. The largest absolute Gasteiger partial charge is 0.427 e. The van der Waals surface area contributed by atoms with Crippen molar-refractivity contribution in [3.05, 3.63) is 56.6 Å². The van der Waals surface area contributed by atoms with Crippen LogP contribution >= 0.6 is 23.2 Å². The summed E-state index contributed by atoms with van der Waals surface area (Å²) in [6.07, 6.45) is 1.81. The number of carbonyl (C=O) groups is 2. The number of hydrogen-bond donors (Lipinski definition) is 0. The average Bonchev–Trinajstić information content (AvgIpc) is 2.72. The van der Waals surface area contributed by atoms with E-state index >= 15 is 0 Å². The molecular formula is C25H30Cl2O5. The highest BCUT2D eigenvalue weighted by molar-refractivity contribution is 6.32. The summed E-state index contributed by atoms with van der Waals surface area (Å²) in [7, 11) is 0. The predicted octanol–water partition coefficient (Wildman–Crippen LogP) is 6.70. The van der Waals surface area contributed by atoms with E-state index < -0.39 is 12.1 Å². The van der Waals surface area contributed by atoms with Crippen molar-refractivity contribution >= 4 is 35.1 Å². The zero-order valence-electron chi connectivity index (χ0n) is 19.2. The Morgan fingerprint density at radius 2 is 1.25 bits per heavy atom. The molecule has 2 rings (SSSR count). The summed E-state index contributed by atoms with van der Waals surface area (Å²) in [6.45, 7) is 9.53. The smallest absolute Gasteiger partial charge is 0.340 e. The number of esters is 2. The molecule has 0 heterocycles. The first-order valence-corrected chi connectivity index (χ1v) is 11.4. The summed E-state index contributed by atoms with van der Waals surface area (Å²) in [5.74, 6) is 0.228. The van der Waals surface area contributed by atoms with E-state index in [1.54, 1.807) is 31.2 Å². The van der Waals surface area contributed by atoms with Gasteiger partial charge in [-0.25, -0.2) is 4.79 Å². The van der Waals surface area contributed by atoms with Crippen LogP contribution < -0.4 is 9.47 Å². The SMILES string of the molecule is Cc1cc(OC(=O)CCCCCO[C@@H](C)C(=O)Oc2cc(C)c(Cl)c(C)c2)cc(C)c1Cl. The molecule has 0 aliphatic rings. The molecule has 0 saturated carbocycles. The average molecular weight is 481 g/mol. The molecule has 5 nitrogen and oxygen atoms in total. The summed E-state index contributed by atoms with van der Waals surface area (Å²) >= 11 is 12.3. The van der Waals surface area contributed by atoms with Crippen molar-refractivity contribution in [1.82, 2.24) is 0 Å². The van der Waals surface area contributed by atoms with Crippen LogP contribution in [0.2, 0.25) is 10.0 Å². The molecule has 0 spiro atoms. The standard InChI is InChI=1S/C25H30Cl2O5/c1-15-11-20(12-16(2)23(15)26)31-22(28)9-7-6-8-10-30-19(5)25(29)32-21-13-17(3)24(27)18(4)14-21/h11-14,19H,6-10H2,1-5H3/t19-/m0/s1. The van der Waals surface area contributed by atoms with Crippen LogP contribution in [0.5, 0.6) is 11.5 Å². The van der Waals surface area contributed by atoms with Gasteiger partial charge in [0.25, 0.3) is 0 Å². The summed E-state index contributed by atoms with van der Waals surface area (Å²) in [4.78, 5) is 24.3. The van der Waals surface area contributed by atoms with E-state index in [9.17, 15) is 9.59 Å². The Labute approximate surface area is 200 Å². The van der Waals surface area contributed by atoms with Gasteiger partial charge in [0.1, 0.15) is 11.5 Å². The molecule has 174 valence electrons. The van der Waals surface area contributed by atoms with Crippen molar-refractivity contribution in [3.8, 4) is 11.5 Å². The third-order valence-corrected chi connectivity index (χ3v) is 6.19. The van der Waals surface area contributed by atoms with Gasteiger partial charge < -0.3 is 14.2 Å². The van der Waals surface area contributed by atoms with E-state index in [0.717, 1.165) is 35.1 Å². The van der Waals surface area contributed by atoms with Gasteiger partial charge in [-0.2, -0.15) is 0 Å². The van der Waals surface area contributed by atoms with Gasteiger partial charge >= 0.3 is 11.9 Å². The zero-order chi connectivity index (χ0) is 23.8. The van der Waals surface area contributed by atoms with E-state index in [4.69, 9.17) is 37.4 Å². The Balaban J connectivity index is 1.65. The van der Waals surface area contributed by atoms with Crippen LogP contribution in [0.4, 0.5) is 0 Å². The zero-order valence-corrected chi connectivity index (χ0v) is 20.7. The van der Waals surface area contributed by atoms with Gasteiger partial charge in [0.05, 0.1) is 0 Å². The molecule has 0 N–H and O–H groups in total. The molecule has 0 aliphatic heterocycles. The van der Waals surface area contributed by atoms with E-state index in [2.05, 4.69) is 0 Å². The fraction of sp³-hybridized carbons (Fsp3) is 0.440. The molecule has 32 heavy (non-hydrogen) atoms. The Kier molecular flexibility index (Phi) is 10.0. The van der Waals surface area contributed by atoms with Gasteiger partial charge in [-0.3, -0.25) is 4.79 Å². The van der Waals surface area contributed by atoms with E-state index in [0.29, 0.717) is 41.0 Å². The lowest BCUT2D eigenvalue weighted by molar-refractivity contribution is -0.146. The highest BCUT2D eigenvalue weighted by Crippen LogP contribution is 2.27. The molecule has 1 atom stereocenters. The van der Waals surface area contributed by atoms with Crippen LogP contribution in [0, 0.1) is 27.7 Å². The number of benzene rings is 2. The second-order valence-corrected chi connectivity index (χ2v) is 8.72. The van der Waals surface area contributed by atoms with E-state index in [1.807, 2.05) is 27.7 Å². The third-order valence-electron chi connectivity index (χ3n) is 5.00. The number of carbonyl (C=O) groups excluding carboxylic acids is 2. The van der Waals surface area contributed by atoms with Crippen LogP contribution in [0.1, 0.15) is 54.9 Å². The summed E-state index contributed by atoms with van der Waals surface area (Å²) in [5.41, 5.74) is 3.45. The molecule has 0 bridgehead atoms. The minimum atomic E-state index is -0.687. The van der Waals surface area contributed by atoms with Crippen molar-refractivity contribution in [2.75, 3.05) is 6.61 Å². The van der Waals surface area contributed by atoms with Crippen LogP contribution in [-0.2, 0) is 14.3 Å². The van der Waals surface area contributed by atoms with E-state index in [-0.39, 0.29) is 5.97 Å². The molecule has 0 aromatic heterocycles. The normalized spacial score (nSPS) is 11.8. The Bertz CT molecular complexity index is 925. The quantitative estimate of drug-likeness (QED) is 0.215. The maximum absolute atomic E-state index is 12.2. The molecule has 7 heteroatoms. The summed E-state index contributed by atoms with van der Waals surface area (Å²) < 4.78 is 16.4. The van der Waals surface area contributed by atoms with Crippen molar-refractivity contribution in [2.24, 2.45) is 0 Å². The minimum absolute atomic E-state index is 0.280. The van der Waals surface area contributed by atoms with E-state index in [1.165, 1.54) is 0 Å². The van der Waals surface area contributed by atoms with Crippen molar-refractivity contribution < 1.29 is 23.8 Å². The number of ether oxygens (including phenoxy) is 3. The Morgan fingerprint density at radius 3 is 1.75 bits per heavy atom. The number of halogens is 2. The molecule has 0 saturated heterocycles. The molecule has 0 fully saturated rings. The van der Waals surface area contributed by atoms with Crippen LogP contribution in [0.25, 0.3) is 0 Å². The van der Waals surface area contributed by atoms with Crippen LogP contribution in [0.15, 0.2) is 24.3 Å². The highest BCUT2D eigenvalue weighted by atomic mass is 35.5. The lowest BCUT2D eigenvalue weighted by Gasteiger charge is -2.14. The molecule has 0 radical (unpaired) electrons. The van der Waals surface area contributed by atoms with Crippen LogP contribution in [-0.4, -0.2) is 24.6 Å². The van der Waals surface area contributed by atoms with Crippen molar-refractivity contribution in [1.29, 1.82) is 0 Å². The molecule has 0 unspecified atom stereocenters. The second-order valence-electron chi connectivity index (χ2n) is 7.96. The van der Waals surface area contributed by atoms with Crippen molar-refractivity contribution in [3.63, 3.8) is 0 Å². The van der Waals surface area contributed by atoms with Gasteiger partial charge in [-0.1, -0.05) is 29.6 Å². The molecule has 0 amide bonds. The summed E-state index contributed by atoms with van der Waals surface area (Å²) in [6, 6.07) is 6.97. The maximum atomic E-state index is 12.2. The van der Waals surface area contributed by atoms with Crippen LogP contribution in [0.3, 0.4) is 0 Å². The highest BCUT2D eigenvalue weighted by Gasteiger charge is 2.17. The monoisotopic (exact) mass is 480 g/mol. The second kappa shape index (κ2) is 12.2. The first kappa shape index (κ1) is 26.2. The molecule has 2 aromatic carbocycles.